The second kappa shape index (κ2) is 6.94. The summed E-state index contributed by atoms with van der Waals surface area (Å²) in [4.78, 5) is 1.90. The van der Waals surface area contributed by atoms with E-state index in [4.69, 9.17) is 0 Å². The van der Waals surface area contributed by atoms with Crippen LogP contribution in [0.4, 0.5) is 21.5 Å². The first-order valence-corrected chi connectivity index (χ1v) is 9.12. The van der Waals surface area contributed by atoms with E-state index in [1.54, 1.807) is 12.1 Å². The van der Waals surface area contributed by atoms with E-state index in [1.807, 2.05) is 54.4 Å². The summed E-state index contributed by atoms with van der Waals surface area (Å²) < 4.78 is 40.8. The number of benzene rings is 3. The number of halogens is 1. The van der Waals surface area contributed by atoms with E-state index in [0.29, 0.717) is 11.4 Å². The van der Waals surface area contributed by atoms with Crippen molar-refractivity contribution in [3.05, 3.63) is 84.7 Å². The smallest absolute Gasteiger partial charge is 0.261 e. The molecule has 0 bridgehead atoms. The Morgan fingerprint density at radius 2 is 1.44 bits per heavy atom. The average molecular weight is 356 g/mol. The Balaban J connectivity index is 1.95. The maximum atomic E-state index is 13.0. The number of anilines is 3. The highest BCUT2D eigenvalue weighted by Crippen LogP contribution is 2.31. The van der Waals surface area contributed by atoms with Gasteiger partial charge in [0.15, 0.2) is 0 Å². The molecule has 0 radical (unpaired) electrons. The number of para-hydroxylation sites is 3. The van der Waals surface area contributed by atoms with Crippen LogP contribution in [0, 0.1) is 5.82 Å². The van der Waals surface area contributed by atoms with Crippen LogP contribution in [-0.2, 0) is 10.0 Å². The third kappa shape index (κ3) is 3.80. The molecule has 0 aromatic heterocycles. The monoisotopic (exact) mass is 356 g/mol. The molecule has 0 saturated carbocycles. The van der Waals surface area contributed by atoms with Crippen LogP contribution in [-0.4, -0.2) is 15.5 Å². The molecule has 128 valence electrons. The molecule has 3 aromatic rings. The summed E-state index contributed by atoms with van der Waals surface area (Å²) in [5, 5.41) is 0. The lowest BCUT2D eigenvalue weighted by molar-refractivity contribution is 0.599. The number of rotatable bonds is 5. The Labute approximate surface area is 146 Å². The topological polar surface area (TPSA) is 49.4 Å². The molecular weight excluding hydrogens is 339 g/mol. The van der Waals surface area contributed by atoms with Gasteiger partial charge in [0.1, 0.15) is 5.82 Å². The van der Waals surface area contributed by atoms with Crippen LogP contribution in [0.25, 0.3) is 0 Å². The summed E-state index contributed by atoms with van der Waals surface area (Å²) in [5.41, 5.74) is 2.08. The standard InChI is InChI=1S/C19H17FN2O2S/c1-22(16-7-3-2-4-8-16)19-10-6-5-9-18(19)21-25(23,24)17-13-11-15(20)12-14-17/h2-14,21H,1H3. The molecule has 0 aliphatic heterocycles. The lowest BCUT2D eigenvalue weighted by Gasteiger charge is -2.23. The van der Waals surface area contributed by atoms with Gasteiger partial charge in [-0.15, -0.1) is 0 Å². The third-order valence-corrected chi connectivity index (χ3v) is 5.16. The number of hydrogen-bond donors (Lipinski definition) is 1. The largest absolute Gasteiger partial charge is 0.343 e. The second-order valence-corrected chi connectivity index (χ2v) is 7.15. The zero-order chi connectivity index (χ0) is 17.9. The van der Waals surface area contributed by atoms with Crippen LogP contribution in [0.5, 0.6) is 0 Å². The van der Waals surface area contributed by atoms with Crippen molar-refractivity contribution in [2.75, 3.05) is 16.7 Å². The number of hydrogen-bond acceptors (Lipinski definition) is 3. The Hall–Kier alpha value is -2.86. The van der Waals surface area contributed by atoms with Crippen LogP contribution in [0.3, 0.4) is 0 Å². The summed E-state index contributed by atoms with van der Waals surface area (Å²) in [6.07, 6.45) is 0. The molecular formula is C19H17FN2O2S. The van der Waals surface area contributed by atoms with Gasteiger partial charge < -0.3 is 4.90 Å². The highest BCUT2D eigenvalue weighted by Gasteiger charge is 2.17. The normalized spacial score (nSPS) is 11.1. The van der Waals surface area contributed by atoms with E-state index < -0.39 is 15.8 Å². The molecule has 1 N–H and O–H groups in total. The summed E-state index contributed by atoms with van der Waals surface area (Å²) >= 11 is 0. The molecule has 0 amide bonds. The Morgan fingerprint density at radius 3 is 2.12 bits per heavy atom. The first-order chi connectivity index (χ1) is 12.0. The zero-order valence-electron chi connectivity index (χ0n) is 13.6. The Morgan fingerprint density at radius 1 is 0.840 bits per heavy atom. The lowest BCUT2D eigenvalue weighted by atomic mass is 10.2. The first-order valence-electron chi connectivity index (χ1n) is 7.63. The van der Waals surface area contributed by atoms with Gasteiger partial charge in [0, 0.05) is 12.7 Å². The number of nitrogens with zero attached hydrogens (tertiary/aromatic N) is 1. The summed E-state index contributed by atoms with van der Waals surface area (Å²) in [6.45, 7) is 0. The van der Waals surface area contributed by atoms with Crippen molar-refractivity contribution < 1.29 is 12.8 Å². The average Bonchev–Trinajstić information content (AvgIpc) is 2.62. The predicted molar refractivity (Wildman–Crippen MR) is 98.2 cm³/mol. The lowest BCUT2D eigenvalue weighted by Crippen LogP contribution is -2.17. The van der Waals surface area contributed by atoms with Crippen molar-refractivity contribution in [3.63, 3.8) is 0 Å². The summed E-state index contributed by atoms with van der Waals surface area (Å²) in [5.74, 6) is -0.483. The van der Waals surface area contributed by atoms with E-state index in [-0.39, 0.29) is 4.90 Å². The van der Waals surface area contributed by atoms with Crippen LogP contribution in [0.15, 0.2) is 83.8 Å². The van der Waals surface area contributed by atoms with Gasteiger partial charge in [-0.25, -0.2) is 12.8 Å². The van der Waals surface area contributed by atoms with Crippen LogP contribution in [0.2, 0.25) is 0 Å². The van der Waals surface area contributed by atoms with Crippen molar-refractivity contribution in [2.45, 2.75) is 4.90 Å². The van der Waals surface area contributed by atoms with Gasteiger partial charge in [0.25, 0.3) is 10.0 Å². The Kier molecular flexibility index (Phi) is 4.72. The SMILES string of the molecule is CN(c1ccccc1)c1ccccc1NS(=O)(=O)c1ccc(F)cc1. The van der Waals surface area contributed by atoms with Gasteiger partial charge in [-0.05, 0) is 48.5 Å². The third-order valence-electron chi connectivity index (χ3n) is 3.78. The van der Waals surface area contributed by atoms with E-state index in [0.717, 1.165) is 17.8 Å². The molecule has 4 nitrogen and oxygen atoms in total. The van der Waals surface area contributed by atoms with Crippen molar-refractivity contribution in [3.8, 4) is 0 Å². The summed E-state index contributed by atoms with van der Waals surface area (Å²) in [7, 11) is -1.95. The minimum absolute atomic E-state index is 0.00562. The van der Waals surface area contributed by atoms with Gasteiger partial charge in [0.2, 0.25) is 0 Å². The minimum atomic E-state index is -3.81. The van der Waals surface area contributed by atoms with E-state index >= 15 is 0 Å². The highest BCUT2D eigenvalue weighted by atomic mass is 32.2. The molecule has 3 aromatic carbocycles. The van der Waals surface area contributed by atoms with Crippen molar-refractivity contribution >= 4 is 27.1 Å². The fraction of sp³-hybridized carbons (Fsp3) is 0.0526. The van der Waals surface area contributed by atoms with Crippen molar-refractivity contribution in [1.82, 2.24) is 0 Å². The van der Waals surface area contributed by atoms with Crippen LogP contribution in [0.1, 0.15) is 0 Å². The molecule has 0 heterocycles. The molecule has 6 heteroatoms. The fourth-order valence-corrected chi connectivity index (χ4v) is 3.53. The maximum Gasteiger partial charge on any atom is 0.261 e. The maximum absolute atomic E-state index is 13.0. The zero-order valence-corrected chi connectivity index (χ0v) is 14.4. The van der Waals surface area contributed by atoms with E-state index in [9.17, 15) is 12.8 Å². The highest BCUT2D eigenvalue weighted by molar-refractivity contribution is 7.92. The van der Waals surface area contributed by atoms with Gasteiger partial charge in [-0.2, -0.15) is 0 Å². The first kappa shape index (κ1) is 17.0. The second-order valence-electron chi connectivity index (χ2n) is 5.47. The predicted octanol–water partition coefficient (Wildman–Crippen LogP) is 4.39. The number of sulfonamides is 1. The molecule has 0 aliphatic carbocycles. The van der Waals surface area contributed by atoms with Gasteiger partial charge in [-0.3, -0.25) is 4.72 Å². The summed E-state index contributed by atoms with van der Waals surface area (Å²) in [6, 6.07) is 21.4. The molecule has 25 heavy (non-hydrogen) atoms. The van der Waals surface area contributed by atoms with Gasteiger partial charge >= 0.3 is 0 Å². The van der Waals surface area contributed by atoms with Crippen LogP contribution >= 0.6 is 0 Å². The molecule has 0 saturated heterocycles. The minimum Gasteiger partial charge on any atom is -0.343 e. The molecule has 3 rings (SSSR count). The van der Waals surface area contributed by atoms with E-state index in [1.165, 1.54) is 12.1 Å². The number of nitrogens with one attached hydrogen (secondary N) is 1. The Bertz CT molecular complexity index is 958. The molecule has 0 aliphatic rings. The van der Waals surface area contributed by atoms with Gasteiger partial charge in [-0.1, -0.05) is 30.3 Å². The van der Waals surface area contributed by atoms with Crippen LogP contribution < -0.4 is 9.62 Å². The van der Waals surface area contributed by atoms with E-state index in [2.05, 4.69) is 4.72 Å². The molecule has 0 spiro atoms. The molecule has 0 atom stereocenters. The quantitative estimate of drug-likeness (QED) is 0.737. The fourth-order valence-electron chi connectivity index (χ4n) is 2.46. The van der Waals surface area contributed by atoms with Crippen molar-refractivity contribution in [2.24, 2.45) is 0 Å². The molecule has 0 fully saturated rings. The van der Waals surface area contributed by atoms with Gasteiger partial charge in [0.05, 0.1) is 16.3 Å². The molecule has 0 unspecified atom stereocenters. The van der Waals surface area contributed by atoms with Crippen molar-refractivity contribution in [1.29, 1.82) is 0 Å².